The van der Waals surface area contributed by atoms with Crippen LogP contribution >= 0.6 is 15.9 Å². The number of halogens is 1. The molecular formula is C15H21BrO2. The Hall–Kier alpha value is -0.830. The molecule has 0 radical (unpaired) electrons. The molecule has 100 valence electrons. The van der Waals surface area contributed by atoms with Crippen LogP contribution < -0.4 is 4.74 Å². The molecule has 0 aliphatic carbocycles. The lowest BCUT2D eigenvalue weighted by Crippen LogP contribution is -2.11. The fraction of sp³-hybridized carbons (Fsp3) is 0.533. The topological polar surface area (TPSA) is 26.3 Å². The van der Waals surface area contributed by atoms with Crippen LogP contribution in [0.1, 0.15) is 50.4 Å². The van der Waals surface area contributed by atoms with Gasteiger partial charge >= 0.3 is 0 Å². The molecule has 0 heterocycles. The van der Waals surface area contributed by atoms with E-state index in [-0.39, 0.29) is 11.7 Å². The van der Waals surface area contributed by atoms with E-state index < -0.39 is 0 Å². The summed E-state index contributed by atoms with van der Waals surface area (Å²) in [5.74, 6) is 1.09. The molecule has 3 heteroatoms. The second-order valence-electron chi connectivity index (χ2n) is 4.49. The standard InChI is InChI=1S/C15H21BrO2/c1-4-6-7-11(3)15(17)12-8-9-14(18-5-2)13(16)10-12/h8-11H,4-7H2,1-3H3. The number of hydrogen-bond acceptors (Lipinski definition) is 2. The molecule has 18 heavy (non-hydrogen) atoms. The fourth-order valence-electron chi connectivity index (χ4n) is 1.85. The molecule has 0 bridgehead atoms. The highest BCUT2D eigenvalue weighted by atomic mass is 79.9. The van der Waals surface area contributed by atoms with Gasteiger partial charge in [-0.1, -0.05) is 26.7 Å². The first-order valence-electron chi connectivity index (χ1n) is 6.56. The summed E-state index contributed by atoms with van der Waals surface area (Å²) >= 11 is 3.44. The maximum absolute atomic E-state index is 12.2. The highest BCUT2D eigenvalue weighted by Gasteiger charge is 2.15. The fourth-order valence-corrected chi connectivity index (χ4v) is 2.35. The largest absolute Gasteiger partial charge is 0.493 e. The van der Waals surface area contributed by atoms with Gasteiger partial charge in [-0.25, -0.2) is 0 Å². The van der Waals surface area contributed by atoms with Crippen molar-refractivity contribution >= 4 is 21.7 Å². The molecule has 1 atom stereocenters. The lowest BCUT2D eigenvalue weighted by molar-refractivity contribution is 0.0922. The second kappa shape index (κ2) is 7.57. The Kier molecular flexibility index (Phi) is 6.41. The van der Waals surface area contributed by atoms with Crippen LogP contribution in [0.2, 0.25) is 0 Å². The van der Waals surface area contributed by atoms with Gasteiger partial charge in [-0.15, -0.1) is 0 Å². The summed E-state index contributed by atoms with van der Waals surface area (Å²) < 4.78 is 6.28. The molecule has 0 saturated heterocycles. The molecule has 0 aliphatic rings. The van der Waals surface area contributed by atoms with Crippen molar-refractivity contribution in [3.05, 3.63) is 28.2 Å². The normalized spacial score (nSPS) is 12.2. The van der Waals surface area contributed by atoms with Gasteiger partial charge in [0.2, 0.25) is 0 Å². The minimum atomic E-state index is 0.0924. The molecule has 1 rings (SSSR count). The average Bonchev–Trinajstić information content (AvgIpc) is 2.37. The van der Waals surface area contributed by atoms with Crippen molar-refractivity contribution in [3.63, 3.8) is 0 Å². The van der Waals surface area contributed by atoms with Crippen molar-refractivity contribution in [2.24, 2.45) is 5.92 Å². The Bertz CT molecular complexity index is 401. The Morgan fingerprint density at radius 1 is 1.39 bits per heavy atom. The van der Waals surface area contributed by atoms with Crippen molar-refractivity contribution < 1.29 is 9.53 Å². The van der Waals surface area contributed by atoms with Crippen molar-refractivity contribution in [1.82, 2.24) is 0 Å². The third-order valence-corrected chi connectivity index (χ3v) is 3.57. The van der Waals surface area contributed by atoms with Gasteiger partial charge in [-0.3, -0.25) is 4.79 Å². The van der Waals surface area contributed by atoms with E-state index in [0.717, 1.165) is 35.0 Å². The van der Waals surface area contributed by atoms with Crippen LogP contribution in [-0.4, -0.2) is 12.4 Å². The van der Waals surface area contributed by atoms with Crippen LogP contribution in [0.4, 0.5) is 0 Å². The van der Waals surface area contributed by atoms with Crippen molar-refractivity contribution in [3.8, 4) is 5.75 Å². The molecule has 0 saturated carbocycles. The number of hydrogen-bond donors (Lipinski definition) is 0. The van der Waals surface area contributed by atoms with E-state index in [2.05, 4.69) is 22.9 Å². The van der Waals surface area contributed by atoms with Crippen LogP contribution in [0.25, 0.3) is 0 Å². The minimum absolute atomic E-state index is 0.0924. The summed E-state index contributed by atoms with van der Waals surface area (Å²) in [5, 5.41) is 0. The molecule has 0 aliphatic heterocycles. The van der Waals surface area contributed by atoms with E-state index in [0.29, 0.717) is 6.61 Å². The Labute approximate surface area is 118 Å². The molecule has 0 aromatic heterocycles. The van der Waals surface area contributed by atoms with E-state index in [1.807, 2.05) is 32.0 Å². The van der Waals surface area contributed by atoms with Gasteiger partial charge in [0.1, 0.15) is 5.75 Å². The maximum Gasteiger partial charge on any atom is 0.165 e. The molecular weight excluding hydrogens is 292 g/mol. The Balaban J connectivity index is 2.77. The summed E-state index contributed by atoms with van der Waals surface area (Å²) in [7, 11) is 0. The third-order valence-electron chi connectivity index (χ3n) is 2.95. The van der Waals surface area contributed by atoms with Gasteiger partial charge in [-0.2, -0.15) is 0 Å². The van der Waals surface area contributed by atoms with Crippen molar-refractivity contribution in [2.75, 3.05) is 6.61 Å². The van der Waals surface area contributed by atoms with Gasteiger partial charge in [0.05, 0.1) is 11.1 Å². The number of carbonyl (C=O) groups is 1. The van der Waals surface area contributed by atoms with Crippen LogP contribution in [0.15, 0.2) is 22.7 Å². The van der Waals surface area contributed by atoms with E-state index >= 15 is 0 Å². The first kappa shape index (κ1) is 15.2. The highest BCUT2D eigenvalue weighted by molar-refractivity contribution is 9.10. The molecule has 1 aromatic carbocycles. The zero-order valence-corrected chi connectivity index (χ0v) is 12.9. The summed E-state index contributed by atoms with van der Waals surface area (Å²) in [5.41, 5.74) is 0.758. The number of benzene rings is 1. The number of ketones is 1. The molecule has 2 nitrogen and oxygen atoms in total. The summed E-state index contributed by atoms with van der Waals surface area (Å²) in [6.07, 6.45) is 3.19. The predicted molar refractivity (Wildman–Crippen MR) is 78.3 cm³/mol. The second-order valence-corrected chi connectivity index (χ2v) is 5.34. The van der Waals surface area contributed by atoms with E-state index in [4.69, 9.17) is 4.74 Å². The van der Waals surface area contributed by atoms with E-state index in [9.17, 15) is 4.79 Å². The van der Waals surface area contributed by atoms with Gasteiger partial charge < -0.3 is 4.74 Å². The van der Waals surface area contributed by atoms with Gasteiger partial charge in [0, 0.05) is 11.5 Å². The first-order valence-corrected chi connectivity index (χ1v) is 7.36. The van der Waals surface area contributed by atoms with Crippen molar-refractivity contribution in [2.45, 2.75) is 40.0 Å². The third kappa shape index (κ3) is 4.13. The maximum atomic E-state index is 12.2. The predicted octanol–water partition coefficient (Wildman–Crippen LogP) is 4.86. The molecule has 1 unspecified atom stereocenters. The minimum Gasteiger partial charge on any atom is -0.493 e. The Morgan fingerprint density at radius 2 is 2.11 bits per heavy atom. The lowest BCUT2D eigenvalue weighted by atomic mass is 9.94. The van der Waals surface area contributed by atoms with E-state index in [1.165, 1.54) is 0 Å². The monoisotopic (exact) mass is 312 g/mol. The van der Waals surface area contributed by atoms with Gasteiger partial charge in [0.15, 0.2) is 5.78 Å². The molecule has 0 amide bonds. The Morgan fingerprint density at radius 3 is 2.67 bits per heavy atom. The molecule has 0 spiro atoms. The van der Waals surface area contributed by atoms with Crippen LogP contribution in [0, 0.1) is 5.92 Å². The molecule has 0 fully saturated rings. The summed E-state index contributed by atoms with van der Waals surface area (Å²) in [6, 6.07) is 5.56. The smallest absolute Gasteiger partial charge is 0.165 e. The average molecular weight is 313 g/mol. The number of carbonyl (C=O) groups excluding carboxylic acids is 1. The van der Waals surface area contributed by atoms with Crippen LogP contribution in [0.3, 0.4) is 0 Å². The molecule has 1 aromatic rings. The lowest BCUT2D eigenvalue weighted by Gasteiger charge is -2.11. The number of Topliss-reactive ketones (excluding diaryl/α,β-unsaturated/α-hetero) is 1. The number of rotatable bonds is 7. The number of unbranched alkanes of at least 4 members (excludes halogenated alkanes) is 1. The van der Waals surface area contributed by atoms with E-state index in [1.54, 1.807) is 0 Å². The van der Waals surface area contributed by atoms with Crippen molar-refractivity contribution in [1.29, 1.82) is 0 Å². The zero-order valence-electron chi connectivity index (χ0n) is 11.3. The summed E-state index contributed by atoms with van der Waals surface area (Å²) in [4.78, 5) is 12.2. The zero-order chi connectivity index (χ0) is 13.5. The molecule has 0 N–H and O–H groups in total. The number of ether oxygens (including phenoxy) is 1. The first-order chi connectivity index (χ1) is 8.60. The van der Waals surface area contributed by atoms with Crippen LogP contribution in [0.5, 0.6) is 5.75 Å². The van der Waals surface area contributed by atoms with Crippen LogP contribution in [-0.2, 0) is 0 Å². The van der Waals surface area contributed by atoms with Gasteiger partial charge in [-0.05, 0) is 47.5 Å². The summed E-state index contributed by atoms with van der Waals surface area (Å²) in [6.45, 7) is 6.71. The SMILES string of the molecule is CCCCC(C)C(=O)c1ccc(OCC)c(Br)c1. The highest BCUT2D eigenvalue weighted by Crippen LogP contribution is 2.27. The quantitative estimate of drug-likeness (QED) is 0.672. The van der Waals surface area contributed by atoms with Gasteiger partial charge in [0.25, 0.3) is 0 Å².